The largest absolute Gasteiger partial charge is 0.497 e. The van der Waals surface area contributed by atoms with Gasteiger partial charge in [0, 0.05) is 0 Å². The lowest BCUT2D eigenvalue weighted by atomic mass is 10.3. The van der Waals surface area contributed by atoms with E-state index in [1.54, 1.807) is 0 Å². The maximum absolute atomic E-state index is 12.4. The Labute approximate surface area is 83.4 Å². The van der Waals surface area contributed by atoms with Crippen LogP contribution in [0.2, 0.25) is 0 Å². The monoisotopic (exact) mass is 224 g/mol. The second-order valence-electron chi connectivity index (χ2n) is 2.64. The van der Waals surface area contributed by atoms with Crippen molar-refractivity contribution < 1.29 is 27.0 Å². The highest BCUT2D eigenvalue weighted by Gasteiger charge is 2.43. The highest BCUT2D eigenvalue weighted by Crippen LogP contribution is 2.28. The van der Waals surface area contributed by atoms with E-state index in [2.05, 4.69) is 4.74 Å². The molecule has 0 heterocycles. The van der Waals surface area contributed by atoms with Crippen LogP contribution in [-0.4, -0.2) is 19.6 Å². The van der Waals surface area contributed by atoms with Crippen molar-refractivity contribution in [1.29, 1.82) is 0 Å². The summed E-state index contributed by atoms with van der Waals surface area (Å²) >= 11 is 0. The highest BCUT2D eigenvalue weighted by atomic mass is 19.3. The van der Waals surface area contributed by atoms with Crippen molar-refractivity contribution in [3.05, 3.63) is 24.3 Å². The zero-order valence-electron chi connectivity index (χ0n) is 7.72. The molecule has 0 fully saturated rings. The molecule has 0 radical (unpaired) electrons. The number of halogens is 4. The van der Waals surface area contributed by atoms with Crippen LogP contribution in [0.1, 0.15) is 0 Å². The molecule has 1 aromatic carbocycles. The van der Waals surface area contributed by atoms with E-state index in [0.717, 1.165) is 12.1 Å². The molecule has 1 rings (SSSR count). The van der Waals surface area contributed by atoms with Gasteiger partial charge in [-0.3, -0.25) is 0 Å². The molecule has 0 unspecified atom stereocenters. The van der Waals surface area contributed by atoms with Crippen molar-refractivity contribution in [3.63, 3.8) is 0 Å². The first kappa shape index (κ1) is 11.6. The highest BCUT2D eigenvalue weighted by molar-refractivity contribution is 5.31. The molecular formula is C9H8F4O2. The molecule has 0 atom stereocenters. The smallest absolute Gasteiger partial charge is 0.461 e. The summed E-state index contributed by atoms with van der Waals surface area (Å²) in [4.78, 5) is 0. The van der Waals surface area contributed by atoms with Gasteiger partial charge < -0.3 is 9.47 Å². The first-order chi connectivity index (χ1) is 6.95. The first-order valence-electron chi connectivity index (χ1n) is 3.95. The number of methoxy groups -OCH3 is 1. The summed E-state index contributed by atoms with van der Waals surface area (Å²) in [6, 6.07) is 4.90. The Balaban J connectivity index is 2.73. The lowest BCUT2D eigenvalue weighted by Crippen LogP contribution is -2.33. The summed E-state index contributed by atoms with van der Waals surface area (Å²) in [6.45, 7) is 0. The van der Waals surface area contributed by atoms with E-state index in [-0.39, 0.29) is 5.75 Å². The Morgan fingerprint density at radius 3 is 1.93 bits per heavy atom. The molecule has 6 heteroatoms. The molecule has 0 spiro atoms. The molecule has 0 aliphatic carbocycles. The number of hydrogen-bond acceptors (Lipinski definition) is 2. The Hall–Kier alpha value is -1.46. The fourth-order valence-corrected chi connectivity index (χ4v) is 0.845. The third-order valence-electron chi connectivity index (χ3n) is 1.57. The number of ether oxygens (including phenoxy) is 2. The molecule has 84 valence electrons. The van der Waals surface area contributed by atoms with Crippen molar-refractivity contribution in [2.75, 3.05) is 7.11 Å². The lowest BCUT2D eigenvalue weighted by Gasteiger charge is -2.16. The summed E-state index contributed by atoms with van der Waals surface area (Å²) < 4.78 is 56.9. The number of rotatable bonds is 4. The van der Waals surface area contributed by atoms with Gasteiger partial charge in [-0.05, 0) is 24.3 Å². The van der Waals surface area contributed by atoms with Crippen LogP contribution in [0.3, 0.4) is 0 Å². The van der Waals surface area contributed by atoms with E-state index in [9.17, 15) is 17.6 Å². The molecule has 0 aliphatic heterocycles. The molecule has 2 nitrogen and oxygen atoms in total. The van der Waals surface area contributed by atoms with Gasteiger partial charge in [-0.2, -0.15) is 17.6 Å². The van der Waals surface area contributed by atoms with Crippen LogP contribution in [0, 0.1) is 0 Å². The molecule has 0 aliphatic rings. The Morgan fingerprint density at radius 2 is 1.53 bits per heavy atom. The Morgan fingerprint density at radius 1 is 1.07 bits per heavy atom. The van der Waals surface area contributed by atoms with Gasteiger partial charge >= 0.3 is 12.5 Å². The van der Waals surface area contributed by atoms with Gasteiger partial charge in [0.2, 0.25) is 0 Å². The van der Waals surface area contributed by atoms with Crippen molar-refractivity contribution in [1.82, 2.24) is 0 Å². The number of hydrogen-bond donors (Lipinski definition) is 0. The van der Waals surface area contributed by atoms with Gasteiger partial charge in [-0.1, -0.05) is 0 Å². The topological polar surface area (TPSA) is 18.5 Å². The second-order valence-corrected chi connectivity index (χ2v) is 2.64. The van der Waals surface area contributed by atoms with Crippen molar-refractivity contribution >= 4 is 0 Å². The fraction of sp³-hybridized carbons (Fsp3) is 0.333. The summed E-state index contributed by atoms with van der Waals surface area (Å²) in [7, 11) is 1.39. The van der Waals surface area contributed by atoms with Gasteiger partial charge in [0.15, 0.2) is 0 Å². The van der Waals surface area contributed by atoms with E-state index < -0.39 is 12.5 Å². The minimum Gasteiger partial charge on any atom is -0.497 e. The first-order valence-corrected chi connectivity index (χ1v) is 3.95. The fourth-order valence-electron chi connectivity index (χ4n) is 0.845. The SMILES string of the molecule is COc1ccc(OC(F)(F)C(F)F)cc1. The van der Waals surface area contributed by atoms with Crippen LogP contribution in [-0.2, 0) is 0 Å². The number of alkyl halides is 4. The average Bonchev–Trinajstić information content (AvgIpc) is 2.18. The van der Waals surface area contributed by atoms with Gasteiger partial charge in [0.25, 0.3) is 0 Å². The second kappa shape index (κ2) is 4.37. The third-order valence-corrected chi connectivity index (χ3v) is 1.57. The van der Waals surface area contributed by atoms with Crippen molar-refractivity contribution in [2.24, 2.45) is 0 Å². The quantitative estimate of drug-likeness (QED) is 0.732. The minimum atomic E-state index is -4.48. The zero-order valence-corrected chi connectivity index (χ0v) is 7.72. The third kappa shape index (κ3) is 3.00. The maximum atomic E-state index is 12.4. The maximum Gasteiger partial charge on any atom is 0.461 e. The predicted octanol–water partition coefficient (Wildman–Crippen LogP) is 2.93. The van der Waals surface area contributed by atoms with Gasteiger partial charge in [-0.25, -0.2) is 0 Å². The molecule has 0 bridgehead atoms. The molecule has 0 saturated heterocycles. The zero-order chi connectivity index (χ0) is 11.5. The summed E-state index contributed by atoms with van der Waals surface area (Å²) in [5, 5.41) is 0. The molecule has 0 amide bonds. The molecule has 0 aromatic heterocycles. The van der Waals surface area contributed by atoms with Gasteiger partial charge in [0.05, 0.1) is 7.11 Å². The molecule has 15 heavy (non-hydrogen) atoms. The van der Waals surface area contributed by atoms with E-state index in [4.69, 9.17) is 4.74 Å². The Bertz CT molecular complexity index is 310. The van der Waals surface area contributed by atoms with Crippen molar-refractivity contribution in [3.8, 4) is 11.5 Å². The predicted molar refractivity (Wildman–Crippen MR) is 44.6 cm³/mol. The van der Waals surface area contributed by atoms with E-state index in [1.165, 1.54) is 19.2 Å². The molecular weight excluding hydrogens is 216 g/mol. The van der Waals surface area contributed by atoms with E-state index in [1.807, 2.05) is 0 Å². The molecule has 1 aromatic rings. The summed E-state index contributed by atoms with van der Waals surface area (Å²) in [5.74, 6) is 0.0730. The van der Waals surface area contributed by atoms with Gasteiger partial charge in [0.1, 0.15) is 11.5 Å². The standard InChI is InChI=1S/C9H8F4O2/c1-14-6-2-4-7(5-3-6)15-9(12,13)8(10)11/h2-5,8H,1H3. The van der Waals surface area contributed by atoms with E-state index >= 15 is 0 Å². The Kier molecular flexibility index (Phi) is 3.39. The van der Waals surface area contributed by atoms with Crippen molar-refractivity contribution in [2.45, 2.75) is 12.5 Å². The summed E-state index contributed by atoms with van der Waals surface area (Å²) in [5.41, 5.74) is 0. The van der Waals surface area contributed by atoms with Crippen LogP contribution >= 0.6 is 0 Å². The van der Waals surface area contributed by atoms with E-state index in [0.29, 0.717) is 5.75 Å². The van der Waals surface area contributed by atoms with Crippen LogP contribution in [0.25, 0.3) is 0 Å². The van der Waals surface area contributed by atoms with Crippen LogP contribution < -0.4 is 9.47 Å². The normalized spacial score (nSPS) is 11.6. The van der Waals surface area contributed by atoms with Gasteiger partial charge in [-0.15, -0.1) is 0 Å². The van der Waals surface area contributed by atoms with Crippen LogP contribution in [0.4, 0.5) is 17.6 Å². The summed E-state index contributed by atoms with van der Waals surface area (Å²) in [6.07, 6.45) is -8.34. The average molecular weight is 224 g/mol. The number of benzene rings is 1. The van der Waals surface area contributed by atoms with Crippen LogP contribution in [0.15, 0.2) is 24.3 Å². The lowest BCUT2D eigenvalue weighted by molar-refractivity contribution is -0.253. The minimum absolute atomic E-state index is 0.346. The molecule has 0 N–H and O–H groups in total. The van der Waals surface area contributed by atoms with Crippen LogP contribution in [0.5, 0.6) is 11.5 Å². The molecule has 0 saturated carbocycles.